The van der Waals surface area contributed by atoms with Crippen LogP contribution in [0.1, 0.15) is 10.5 Å². The fourth-order valence-electron chi connectivity index (χ4n) is 1.71. The van der Waals surface area contributed by atoms with E-state index in [2.05, 4.69) is 13.8 Å². The van der Waals surface area contributed by atoms with Crippen molar-refractivity contribution in [3.05, 3.63) is 45.3 Å². The maximum absolute atomic E-state index is 11.4. The summed E-state index contributed by atoms with van der Waals surface area (Å²) >= 11 is 7.12. The number of nitrogens with zero attached hydrogens (tertiary/aromatic N) is 4. The maximum Gasteiger partial charge on any atom is 0.360 e. The topological polar surface area (TPSA) is 98.0 Å². The molecular formula is C11H5ClN4O3S. The van der Waals surface area contributed by atoms with Crippen molar-refractivity contribution in [1.82, 2.24) is 18.5 Å². The van der Waals surface area contributed by atoms with Gasteiger partial charge in [-0.05, 0) is 12.1 Å². The van der Waals surface area contributed by atoms with Crippen molar-refractivity contribution in [3.63, 3.8) is 0 Å². The molecule has 0 bridgehead atoms. The number of hydrogen-bond donors (Lipinski definition) is 1. The molecule has 0 saturated carbocycles. The Morgan fingerprint density at radius 1 is 1.30 bits per heavy atom. The van der Waals surface area contributed by atoms with E-state index in [1.165, 1.54) is 10.9 Å². The Kier molecular flexibility index (Phi) is 2.96. The molecule has 0 aliphatic heterocycles. The third-order valence-corrected chi connectivity index (χ3v) is 3.44. The standard InChI is InChI=1S/C11H5ClN4O3S/c12-5-1-2-6-8(15-20-14-6)10(5)16-4-3-7(17)9(13-16)11(18)19/h1-4H,(H,18,19). The Balaban J connectivity index is 2.33. The number of carbonyl (C=O) groups is 1. The highest BCUT2D eigenvalue weighted by molar-refractivity contribution is 7.00. The lowest BCUT2D eigenvalue weighted by Crippen LogP contribution is -2.20. The van der Waals surface area contributed by atoms with Crippen LogP contribution >= 0.6 is 23.3 Å². The Bertz CT molecular complexity index is 889. The number of aromatic nitrogens is 4. The first-order valence-corrected chi connectivity index (χ1v) is 6.43. The smallest absolute Gasteiger partial charge is 0.360 e. The van der Waals surface area contributed by atoms with Gasteiger partial charge in [0.2, 0.25) is 11.1 Å². The van der Waals surface area contributed by atoms with Gasteiger partial charge < -0.3 is 5.11 Å². The number of hydrogen-bond acceptors (Lipinski definition) is 6. The van der Waals surface area contributed by atoms with E-state index in [4.69, 9.17) is 16.7 Å². The Morgan fingerprint density at radius 3 is 2.85 bits per heavy atom. The molecule has 0 aliphatic rings. The van der Waals surface area contributed by atoms with Crippen molar-refractivity contribution in [1.29, 1.82) is 0 Å². The first-order chi connectivity index (χ1) is 9.58. The molecule has 0 radical (unpaired) electrons. The van der Waals surface area contributed by atoms with E-state index in [-0.39, 0.29) is 0 Å². The molecule has 0 atom stereocenters. The fourth-order valence-corrected chi connectivity index (χ4v) is 2.49. The van der Waals surface area contributed by atoms with E-state index in [1.807, 2.05) is 0 Å². The van der Waals surface area contributed by atoms with Crippen LogP contribution in [0.4, 0.5) is 0 Å². The van der Waals surface area contributed by atoms with Gasteiger partial charge in [-0.25, -0.2) is 9.48 Å². The molecule has 1 N–H and O–H groups in total. The lowest BCUT2D eigenvalue weighted by Gasteiger charge is -2.08. The largest absolute Gasteiger partial charge is 0.476 e. The lowest BCUT2D eigenvalue weighted by atomic mass is 10.2. The number of carboxylic acids is 1. The summed E-state index contributed by atoms with van der Waals surface area (Å²) in [6.45, 7) is 0. The molecule has 0 unspecified atom stereocenters. The van der Waals surface area contributed by atoms with Crippen molar-refractivity contribution in [2.75, 3.05) is 0 Å². The molecule has 0 amide bonds. The molecule has 100 valence electrons. The average Bonchev–Trinajstić information content (AvgIpc) is 2.87. The van der Waals surface area contributed by atoms with Crippen LogP contribution in [0, 0.1) is 0 Å². The molecular weight excluding hydrogens is 304 g/mol. The third kappa shape index (κ3) is 1.95. The van der Waals surface area contributed by atoms with Crippen LogP contribution in [-0.2, 0) is 0 Å². The first-order valence-electron chi connectivity index (χ1n) is 5.32. The maximum atomic E-state index is 11.4. The average molecular weight is 309 g/mol. The monoisotopic (exact) mass is 308 g/mol. The number of aromatic carboxylic acids is 1. The summed E-state index contributed by atoms with van der Waals surface area (Å²) in [5.74, 6) is -1.40. The summed E-state index contributed by atoms with van der Waals surface area (Å²) in [5.41, 5.74) is 0.249. The van der Waals surface area contributed by atoms with Crippen molar-refractivity contribution in [2.45, 2.75) is 0 Å². The summed E-state index contributed by atoms with van der Waals surface area (Å²) in [7, 11) is 0. The minimum absolute atomic E-state index is 0.331. The normalized spacial score (nSPS) is 10.8. The highest BCUT2D eigenvalue weighted by Crippen LogP contribution is 2.27. The zero-order valence-corrected chi connectivity index (χ0v) is 11.2. The number of rotatable bonds is 2. The summed E-state index contributed by atoms with van der Waals surface area (Å²) < 4.78 is 9.41. The van der Waals surface area contributed by atoms with Gasteiger partial charge in [-0.2, -0.15) is 13.8 Å². The van der Waals surface area contributed by atoms with Gasteiger partial charge in [0.1, 0.15) is 16.7 Å². The molecule has 3 aromatic rings. The van der Waals surface area contributed by atoms with Crippen molar-refractivity contribution in [3.8, 4) is 5.69 Å². The minimum atomic E-state index is -1.40. The molecule has 1 aromatic carbocycles. The van der Waals surface area contributed by atoms with E-state index < -0.39 is 17.1 Å². The van der Waals surface area contributed by atoms with E-state index in [0.717, 1.165) is 17.8 Å². The van der Waals surface area contributed by atoms with Crippen LogP contribution in [0.3, 0.4) is 0 Å². The molecule has 0 fully saturated rings. The van der Waals surface area contributed by atoms with E-state index in [0.29, 0.717) is 21.7 Å². The second-order valence-corrected chi connectivity index (χ2v) is 4.74. The highest BCUT2D eigenvalue weighted by Gasteiger charge is 2.16. The van der Waals surface area contributed by atoms with Crippen LogP contribution in [0.25, 0.3) is 16.7 Å². The molecule has 7 nitrogen and oxygen atoms in total. The Hall–Kier alpha value is -2.32. The van der Waals surface area contributed by atoms with E-state index in [1.54, 1.807) is 12.1 Å². The zero-order valence-electron chi connectivity index (χ0n) is 9.65. The summed E-state index contributed by atoms with van der Waals surface area (Å²) in [6, 6.07) is 4.43. The SMILES string of the molecule is O=C(O)c1nn(-c2c(Cl)ccc3nsnc23)ccc1=O. The van der Waals surface area contributed by atoms with Crippen molar-refractivity contribution >= 4 is 40.3 Å². The molecule has 20 heavy (non-hydrogen) atoms. The van der Waals surface area contributed by atoms with Gasteiger partial charge in [-0.1, -0.05) is 11.6 Å². The summed E-state index contributed by atoms with van der Waals surface area (Å²) in [4.78, 5) is 22.4. The quantitative estimate of drug-likeness (QED) is 0.772. The van der Waals surface area contributed by atoms with Gasteiger partial charge in [0.05, 0.1) is 16.8 Å². The second-order valence-electron chi connectivity index (χ2n) is 3.81. The predicted octanol–water partition coefficient (Wildman–Crippen LogP) is 1.59. The molecule has 0 aliphatic carbocycles. The second kappa shape index (κ2) is 4.66. The van der Waals surface area contributed by atoms with Gasteiger partial charge in [-0.15, -0.1) is 0 Å². The predicted molar refractivity (Wildman–Crippen MR) is 72.8 cm³/mol. The van der Waals surface area contributed by atoms with Crippen LogP contribution in [-0.4, -0.2) is 29.6 Å². The van der Waals surface area contributed by atoms with Crippen LogP contribution < -0.4 is 5.43 Å². The zero-order chi connectivity index (χ0) is 14.3. The molecule has 2 aromatic heterocycles. The van der Waals surface area contributed by atoms with Crippen LogP contribution in [0.5, 0.6) is 0 Å². The van der Waals surface area contributed by atoms with E-state index >= 15 is 0 Å². The molecule has 3 rings (SSSR count). The summed E-state index contributed by atoms with van der Waals surface area (Å²) in [6.07, 6.45) is 1.34. The number of carboxylic acid groups (broad SMARTS) is 1. The van der Waals surface area contributed by atoms with Crippen molar-refractivity contribution < 1.29 is 9.90 Å². The fraction of sp³-hybridized carbons (Fsp3) is 0. The first kappa shape index (κ1) is 12.7. The number of benzene rings is 1. The van der Waals surface area contributed by atoms with Crippen LogP contribution in [0.15, 0.2) is 29.2 Å². The van der Waals surface area contributed by atoms with Gasteiger partial charge in [0, 0.05) is 12.3 Å². The lowest BCUT2D eigenvalue weighted by molar-refractivity contribution is 0.0687. The molecule has 0 saturated heterocycles. The van der Waals surface area contributed by atoms with E-state index in [9.17, 15) is 9.59 Å². The Labute approximate surface area is 120 Å². The minimum Gasteiger partial charge on any atom is -0.476 e. The number of fused-ring (bicyclic) bond motifs is 1. The van der Waals surface area contributed by atoms with Gasteiger partial charge in [0.25, 0.3) is 0 Å². The van der Waals surface area contributed by atoms with Gasteiger partial charge in [-0.3, -0.25) is 4.79 Å². The highest BCUT2D eigenvalue weighted by atomic mass is 35.5. The van der Waals surface area contributed by atoms with Gasteiger partial charge >= 0.3 is 5.97 Å². The summed E-state index contributed by atoms with van der Waals surface area (Å²) in [5, 5.41) is 13.1. The van der Waals surface area contributed by atoms with Crippen LogP contribution in [0.2, 0.25) is 5.02 Å². The molecule has 2 heterocycles. The van der Waals surface area contributed by atoms with Crippen molar-refractivity contribution in [2.24, 2.45) is 0 Å². The Morgan fingerprint density at radius 2 is 2.10 bits per heavy atom. The third-order valence-electron chi connectivity index (χ3n) is 2.59. The van der Waals surface area contributed by atoms with Gasteiger partial charge in [0.15, 0.2) is 0 Å². The molecule has 0 spiro atoms. The molecule has 9 heteroatoms. The number of halogens is 1.